The number of fused-ring (bicyclic) bond motifs is 1. The molecule has 1 aromatic carbocycles. The molecule has 0 fully saturated rings. The highest BCUT2D eigenvalue weighted by atomic mass is 32.2. The maximum absolute atomic E-state index is 12.5. The van der Waals surface area contributed by atoms with Gasteiger partial charge < -0.3 is 9.72 Å². The molecule has 0 aliphatic rings. The number of aromatic nitrogens is 3. The Morgan fingerprint density at radius 1 is 1.22 bits per heavy atom. The number of esters is 1. The van der Waals surface area contributed by atoms with Crippen molar-refractivity contribution in [2.24, 2.45) is 0 Å². The molecule has 0 aliphatic heterocycles. The standard InChI is InChI=1S/C17H14N4O4S2/c1-25-17(22)13-7-11(9-18-13)27(23,24)21-16-8-12(19-20-16)15-6-10-4-2-3-5-14(10)26-15/h2-9,18H,1H3,(H2,19,20,21). The summed E-state index contributed by atoms with van der Waals surface area (Å²) in [5, 5.41) is 7.97. The zero-order valence-corrected chi connectivity index (χ0v) is 15.6. The van der Waals surface area contributed by atoms with Crippen molar-refractivity contribution in [1.82, 2.24) is 15.2 Å². The predicted octanol–water partition coefficient (Wildman–Crippen LogP) is 3.21. The second-order valence-corrected chi connectivity index (χ2v) is 8.43. The summed E-state index contributed by atoms with van der Waals surface area (Å²) in [5.74, 6) is -0.494. The third-order valence-electron chi connectivity index (χ3n) is 3.88. The van der Waals surface area contributed by atoms with E-state index in [1.165, 1.54) is 19.4 Å². The number of H-pyrrole nitrogens is 2. The van der Waals surface area contributed by atoms with Crippen LogP contribution in [0, 0.1) is 0 Å². The summed E-state index contributed by atoms with van der Waals surface area (Å²) in [7, 11) is -2.68. The molecule has 3 aromatic heterocycles. The molecule has 138 valence electrons. The first kappa shape index (κ1) is 17.3. The van der Waals surface area contributed by atoms with Gasteiger partial charge in [0.25, 0.3) is 10.0 Å². The minimum Gasteiger partial charge on any atom is -0.464 e. The maximum atomic E-state index is 12.5. The van der Waals surface area contributed by atoms with Crippen molar-refractivity contribution in [3.05, 3.63) is 54.4 Å². The molecule has 3 heterocycles. The summed E-state index contributed by atoms with van der Waals surface area (Å²) < 4.78 is 33.0. The number of aromatic amines is 2. The molecule has 0 saturated heterocycles. The summed E-state index contributed by atoms with van der Waals surface area (Å²) >= 11 is 1.58. The number of rotatable bonds is 5. The molecule has 8 nitrogen and oxygen atoms in total. The minimum absolute atomic E-state index is 0.0471. The van der Waals surface area contributed by atoms with Crippen molar-refractivity contribution < 1.29 is 17.9 Å². The number of anilines is 1. The maximum Gasteiger partial charge on any atom is 0.354 e. The van der Waals surface area contributed by atoms with E-state index in [9.17, 15) is 13.2 Å². The van der Waals surface area contributed by atoms with Gasteiger partial charge in [0, 0.05) is 17.0 Å². The van der Waals surface area contributed by atoms with Gasteiger partial charge in [-0.15, -0.1) is 11.3 Å². The second-order valence-electron chi connectivity index (χ2n) is 5.66. The van der Waals surface area contributed by atoms with Gasteiger partial charge in [0.15, 0.2) is 5.82 Å². The molecule has 0 radical (unpaired) electrons. The summed E-state index contributed by atoms with van der Waals surface area (Å²) in [6.07, 6.45) is 1.22. The summed E-state index contributed by atoms with van der Waals surface area (Å²) in [4.78, 5) is 14.9. The Morgan fingerprint density at radius 2 is 2.04 bits per heavy atom. The van der Waals surface area contributed by atoms with E-state index in [0.717, 1.165) is 15.0 Å². The number of hydrogen-bond acceptors (Lipinski definition) is 6. The van der Waals surface area contributed by atoms with Crippen LogP contribution in [0.25, 0.3) is 20.7 Å². The van der Waals surface area contributed by atoms with E-state index in [4.69, 9.17) is 0 Å². The highest BCUT2D eigenvalue weighted by Crippen LogP contribution is 2.33. The second kappa shape index (κ2) is 6.56. The molecule has 0 spiro atoms. The monoisotopic (exact) mass is 402 g/mol. The molecule has 27 heavy (non-hydrogen) atoms. The van der Waals surface area contributed by atoms with E-state index in [1.54, 1.807) is 17.4 Å². The van der Waals surface area contributed by atoms with Crippen LogP contribution in [0.2, 0.25) is 0 Å². The number of ether oxygens (including phenoxy) is 1. The van der Waals surface area contributed by atoms with Gasteiger partial charge in [0.1, 0.15) is 10.6 Å². The fourth-order valence-electron chi connectivity index (χ4n) is 2.57. The van der Waals surface area contributed by atoms with Crippen molar-refractivity contribution in [3.63, 3.8) is 0 Å². The van der Waals surface area contributed by atoms with Gasteiger partial charge >= 0.3 is 5.97 Å². The Hall–Kier alpha value is -3.11. The fraction of sp³-hybridized carbons (Fsp3) is 0.0588. The molecule has 0 aliphatic carbocycles. The van der Waals surface area contributed by atoms with Crippen LogP contribution in [0.4, 0.5) is 5.82 Å². The van der Waals surface area contributed by atoms with E-state index in [2.05, 4.69) is 24.6 Å². The third kappa shape index (κ3) is 3.32. The Balaban J connectivity index is 1.58. The predicted molar refractivity (Wildman–Crippen MR) is 102 cm³/mol. The zero-order valence-electron chi connectivity index (χ0n) is 14.0. The number of thiophene rings is 1. The van der Waals surface area contributed by atoms with Crippen LogP contribution in [0.3, 0.4) is 0 Å². The Kier molecular flexibility index (Phi) is 4.21. The first-order valence-corrected chi connectivity index (χ1v) is 10.1. The van der Waals surface area contributed by atoms with Gasteiger partial charge in [0.05, 0.1) is 17.7 Å². The molecule has 0 atom stereocenters. The number of benzene rings is 1. The number of nitrogens with one attached hydrogen (secondary N) is 3. The lowest BCUT2D eigenvalue weighted by Crippen LogP contribution is -2.12. The normalized spacial score (nSPS) is 11.6. The highest BCUT2D eigenvalue weighted by Gasteiger charge is 2.20. The molecule has 0 bridgehead atoms. The number of hydrogen-bond donors (Lipinski definition) is 3. The Morgan fingerprint density at radius 3 is 2.81 bits per heavy atom. The van der Waals surface area contributed by atoms with Crippen LogP contribution in [0.15, 0.2) is 53.6 Å². The van der Waals surface area contributed by atoms with Crippen LogP contribution in [-0.2, 0) is 14.8 Å². The summed E-state index contributed by atoms with van der Waals surface area (Å²) in [6, 6.07) is 12.8. The zero-order chi connectivity index (χ0) is 19.0. The number of carbonyl (C=O) groups is 1. The van der Waals surface area contributed by atoms with Crippen LogP contribution >= 0.6 is 11.3 Å². The van der Waals surface area contributed by atoms with Gasteiger partial charge in [-0.2, -0.15) is 5.10 Å². The van der Waals surface area contributed by atoms with Gasteiger partial charge in [-0.25, -0.2) is 13.2 Å². The Labute approximate surface area is 158 Å². The number of methoxy groups -OCH3 is 1. The quantitative estimate of drug-likeness (QED) is 0.443. The molecule has 4 rings (SSSR count). The molecule has 4 aromatic rings. The van der Waals surface area contributed by atoms with Crippen LogP contribution in [0.5, 0.6) is 0 Å². The van der Waals surface area contributed by atoms with E-state index in [0.29, 0.717) is 5.69 Å². The van der Waals surface area contributed by atoms with Gasteiger partial charge in [0.2, 0.25) is 0 Å². The lowest BCUT2D eigenvalue weighted by Gasteiger charge is -2.01. The highest BCUT2D eigenvalue weighted by molar-refractivity contribution is 7.92. The lowest BCUT2D eigenvalue weighted by molar-refractivity contribution is 0.0594. The molecular weight excluding hydrogens is 388 g/mol. The summed E-state index contributed by atoms with van der Waals surface area (Å²) in [5.41, 5.74) is 0.754. The van der Waals surface area contributed by atoms with Crippen molar-refractivity contribution in [2.75, 3.05) is 11.8 Å². The van der Waals surface area contributed by atoms with Crippen LogP contribution < -0.4 is 4.72 Å². The van der Waals surface area contributed by atoms with E-state index >= 15 is 0 Å². The van der Waals surface area contributed by atoms with Crippen molar-refractivity contribution in [1.29, 1.82) is 0 Å². The van der Waals surface area contributed by atoms with Gasteiger partial charge in [-0.3, -0.25) is 9.82 Å². The third-order valence-corrected chi connectivity index (χ3v) is 6.36. The molecule has 0 unspecified atom stereocenters. The summed E-state index contributed by atoms with van der Waals surface area (Å²) in [6.45, 7) is 0. The molecule has 10 heteroatoms. The molecule has 0 saturated carbocycles. The topological polar surface area (TPSA) is 117 Å². The van der Waals surface area contributed by atoms with Crippen molar-refractivity contribution >= 4 is 43.2 Å². The van der Waals surface area contributed by atoms with Crippen molar-refractivity contribution in [3.8, 4) is 10.6 Å². The van der Waals surface area contributed by atoms with Gasteiger partial charge in [-0.05, 0) is 23.6 Å². The SMILES string of the molecule is COC(=O)c1cc(S(=O)(=O)Nc2cc(-c3cc4ccccc4s3)[nH]n2)c[nH]1. The average Bonchev–Trinajstić information content (AvgIpc) is 3.38. The van der Waals surface area contributed by atoms with E-state index in [-0.39, 0.29) is 16.4 Å². The smallest absolute Gasteiger partial charge is 0.354 e. The largest absolute Gasteiger partial charge is 0.464 e. The van der Waals surface area contributed by atoms with Crippen molar-refractivity contribution in [2.45, 2.75) is 4.90 Å². The molecular formula is C17H14N4O4S2. The average molecular weight is 402 g/mol. The number of sulfonamides is 1. The lowest BCUT2D eigenvalue weighted by atomic mass is 10.2. The van der Waals surface area contributed by atoms with E-state index < -0.39 is 16.0 Å². The molecule has 3 N–H and O–H groups in total. The number of carbonyl (C=O) groups excluding carboxylic acids is 1. The van der Waals surface area contributed by atoms with Gasteiger partial charge in [-0.1, -0.05) is 18.2 Å². The first-order valence-electron chi connectivity index (χ1n) is 7.80. The van der Waals surface area contributed by atoms with Crippen LogP contribution in [0.1, 0.15) is 10.5 Å². The van der Waals surface area contributed by atoms with E-state index in [1.807, 2.05) is 30.3 Å². The number of nitrogens with zero attached hydrogens (tertiary/aromatic N) is 1. The van der Waals surface area contributed by atoms with Crippen LogP contribution in [-0.4, -0.2) is 36.7 Å². The fourth-order valence-corrected chi connectivity index (χ4v) is 4.58. The minimum atomic E-state index is -3.90. The first-order chi connectivity index (χ1) is 13.0. The Bertz CT molecular complexity index is 1200. The molecule has 0 amide bonds.